The maximum atomic E-state index is 11.9. The molecule has 2 rings (SSSR count). The van der Waals surface area contributed by atoms with E-state index in [1.54, 1.807) is 25.1 Å². The third-order valence-corrected chi connectivity index (χ3v) is 3.65. The molecule has 0 saturated carbocycles. The molecule has 6 heteroatoms. The number of amides is 1. The zero-order valence-electron chi connectivity index (χ0n) is 10.7. The SMILES string of the molecule is CCOC(=O)c1ccc(NC(=O)c2cccs2)cc1Cl. The van der Waals surface area contributed by atoms with Gasteiger partial charge in [-0.05, 0) is 36.6 Å². The number of halogens is 1. The van der Waals surface area contributed by atoms with Gasteiger partial charge in [-0.3, -0.25) is 4.79 Å². The van der Waals surface area contributed by atoms with Crippen molar-refractivity contribution in [3.63, 3.8) is 0 Å². The van der Waals surface area contributed by atoms with E-state index in [0.717, 1.165) is 0 Å². The van der Waals surface area contributed by atoms with Gasteiger partial charge in [-0.1, -0.05) is 17.7 Å². The highest BCUT2D eigenvalue weighted by atomic mass is 35.5. The molecule has 1 amide bonds. The number of hydrogen-bond donors (Lipinski definition) is 1. The molecule has 104 valence electrons. The fourth-order valence-electron chi connectivity index (χ4n) is 1.57. The topological polar surface area (TPSA) is 55.4 Å². The number of benzene rings is 1. The summed E-state index contributed by atoms with van der Waals surface area (Å²) in [5.41, 5.74) is 0.809. The van der Waals surface area contributed by atoms with Gasteiger partial charge in [0.25, 0.3) is 5.91 Å². The van der Waals surface area contributed by atoms with Crippen LogP contribution in [0.5, 0.6) is 0 Å². The first-order chi connectivity index (χ1) is 9.61. The zero-order chi connectivity index (χ0) is 14.5. The molecule has 0 spiro atoms. The van der Waals surface area contributed by atoms with Crippen LogP contribution in [0.4, 0.5) is 5.69 Å². The Labute approximate surface area is 125 Å². The van der Waals surface area contributed by atoms with Crippen LogP contribution in [0.3, 0.4) is 0 Å². The van der Waals surface area contributed by atoms with Gasteiger partial charge in [0.2, 0.25) is 0 Å². The number of esters is 1. The Bertz CT molecular complexity index is 625. The van der Waals surface area contributed by atoms with E-state index in [9.17, 15) is 9.59 Å². The van der Waals surface area contributed by atoms with Gasteiger partial charge in [-0.2, -0.15) is 0 Å². The normalized spacial score (nSPS) is 10.1. The average molecular weight is 310 g/mol. The molecule has 4 nitrogen and oxygen atoms in total. The summed E-state index contributed by atoms with van der Waals surface area (Å²) in [7, 11) is 0. The van der Waals surface area contributed by atoms with E-state index in [0.29, 0.717) is 10.6 Å². The van der Waals surface area contributed by atoms with Gasteiger partial charge in [-0.15, -0.1) is 11.3 Å². The highest BCUT2D eigenvalue weighted by molar-refractivity contribution is 7.12. The van der Waals surface area contributed by atoms with Crippen LogP contribution in [-0.2, 0) is 4.74 Å². The molecule has 0 bridgehead atoms. The molecule has 1 N–H and O–H groups in total. The fourth-order valence-corrected chi connectivity index (χ4v) is 2.44. The first-order valence-corrected chi connectivity index (χ1v) is 7.19. The standard InChI is InChI=1S/C14H12ClNO3S/c1-2-19-14(18)10-6-5-9(8-11(10)15)16-13(17)12-4-3-7-20-12/h3-8H,2H2,1H3,(H,16,17). The molecule has 1 aromatic carbocycles. The second-order valence-corrected chi connectivity index (χ2v) is 5.20. The van der Waals surface area contributed by atoms with E-state index in [4.69, 9.17) is 16.3 Å². The Kier molecular flexibility index (Phi) is 4.76. The molecule has 0 aliphatic heterocycles. The predicted molar refractivity (Wildman–Crippen MR) is 79.7 cm³/mol. The highest BCUT2D eigenvalue weighted by Gasteiger charge is 2.13. The lowest BCUT2D eigenvalue weighted by Crippen LogP contribution is -2.11. The Morgan fingerprint density at radius 2 is 2.15 bits per heavy atom. The molecular formula is C14H12ClNO3S. The molecule has 2 aromatic rings. The van der Waals surface area contributed by atoms with Gasteiger partial charge in [-0.25, -0.2) is 4.79 Å². The minimum absolute atomic E-state index is 0.208. The van der Waals surface area contributed by atoms with Crippen LogP contribution < -0.4 is 5.32 Å². The summed E-state index contributed by atoms with van der Waals surface area (Å²) in [6.07, 6.45) is 0. The molecule has 0 fully saturated rings. The minimum Gasteiger partial charge on any atom is -0.462 e. The van der Waals surface area contributed by atoms with Gasteiger partial charge in [0.1, 0.15) is 0 Å². The smallest absolute Gasteiger partial charge is 0.339 e. The van der Waals surface area contributed by atoms with Crippen molar-refractivity contribution in [3.05, 3.63) is 51.2 Å². The summed E-state index contributed by atoms with van der Waals surface area (Å²) in [6, 6.07) is 8.21. The van der Waals surface area contributed by atoms with E-state index < -0.39 is 5.97 Å². The van der Waals surface area contributed by atoms with Crippen LogP contribution in [0.1, 0.15) is 27.0 Å². The van der Waals surface area contributed by atoms with Crippen molar-refractivity contribution in [1.82, 2.24) is 0 Å². The van der Waals surface area contributed by atoms with Crippen molar-refractivity contribution in [2.75, 3.05) is 11.9 Å². The van der Waals surface area contributed by atoms with E-state index >= 15 is 0 Å². The highest BCUT2D eigenvalue weighted by Crippen LogP contribution is 2.22. The summed E-state index contributed by atoms with van der Waals surface area (Å²) in [5, 5.41) is 4.79. The van der Waals surface area contributed by atoms with E-state index in [2.05, 4.69) is 5.32 Å². The molecular weight excluding hydrogens is 298 g/mol. The maximum absolute atomic E-state index is 11.9. The fraction of sp³-hybridized carbons (Fsp3) is 0.143. The first kappa shape index (κ1) is 14.6. The maximum Gasteiger partial charge on any atom is 0.339 e. The van der Waals surface area contributed by atoms with Crippen molar-refractivity contribution >= 4 is 40.5 Å². The number of carbonyl (C=O) groups excluding carboxylic acids is 2. The second-order valence-electron chi connectivity index (χ2n) is 3.85. The summed E-state index contributed by atoms with van der Waals surface area (Å²) in [5.74, 6) is -0.686. The van der Waals surface area contributed by atoms with Gasteiger partial charge in [0, 0.05) is 5.69 Å². The van der Waals surface area contributed by atoms with E-state index in [1.165, 1.54) is 23.5 Å². The molecule has 20 heavy (non-hydrogen) atoms. The lowest BCUT2D eigenvalue weighted by atomic mass is 10.2. The molecule has 0 unspecified atom stereocenters. The van der Waals surface area contributed by atoms with Crippen molar-refractivity contribution in [2.24, 2.45) is 0 Å². The van der Waals surface area contributed by atoms with Crippen LogP contribution in [-0.4, -0.2) is 18.5 Å². The van der Waals surface area contributed by atoms with E-state index in [-0.39, 0.29) is 23.1 Å². The Morgan fingerprint density at radius 1 is 1.35 bits per heavy atom. The number of anilines is 1. The Hall–Kier alpha value is -1.85. The Morgan fingerprint density at radius 3 is 2.75 bits per heavy atom. The predicted octanol–water partition coefficient (Wildman–Crippen LogP) is 3.83. The van der Waals surface area contributed by atoms with Gasteiger partial charge in [0.05, 0.1) is 22.1 Å². The zero-order valence-corrected chi connectivity index (χ0v) is 12.3. The van der Waals surface area contributed by atoms with Crippen molar-refractivity contribution in [3.8, 4) is 0 Å². The van der Waals surface area contributed by atoms with Gasteiger partial charge >= 0.3 is 5.97 Å². The van der Waals surface area contributed by atoms with Gasteiger partial charge < -0.3 is 10.1 Å². The summed E-state index contributed by atoms with van der Waals surface area (Å²) >= 11 is 7.37. The van der Waals surface area contributed by atoms with Crippen molar-refractivity contribution in [1.29, 1.82) is 0 Å². The quantitative estimate of drug-likeness (QED) is 0.873. The molecule has 0 radical (unpaired) electrons. The Balaban J connectivity index is 2.13. The summed E-state index contributed by atoms with van der Waals surface area (Å²) in [4.78, 5) is 24.1. The lowest BCUT2D eigenvalue weighted by molar-refractivity contribution is 0.0526. The van der Waals surface area contributed by atoms with Crippen LogP contribution >= 0.6 is 22.9 Å². The largest absolute Gasteiger partial charge is 0.462 e. The summed E-state index contributed by atoms with van der Waals surface area (Å²) in [6.45, 7) is 2.01. The lowest BCUT2D eigenvalue weighted by Gasteiger charge is -2.07. The van der Waals surface area contributed by atoms with Gasteiger partial charge in [0.15, 0.2) is 0 Å². The van der Waals surface area contributed by atoms with Crippen LogP contribution in [0.25, 0.3) is 0 Å². The number of ether oxygens (including phenoxy) is 1. The molecule has 0 aliphatic carbocycles. The monoisotopic (exact) mass is 309 g/mol. The van der Waals surface area contributed by atoms with Crippen LogP contribution in [0, 0.1) is 0 Å². The number of nitrogens with one attached hydrogen (secondary N) is 1. The number of thiophene rings is 1. The molecule has 1 aromatic heterocycles. The molecule has 0 atom stereocenters. The first-order valence-electron chi connectivity index (χ1n) is 5.93. The van der Waals surface area contributed by atoms with Crippen LogP contribution in [0.2, 0.25) is 5.02 Å². The average Bonchev–Trinajstić information content (AvgIpc) is 2.93. The minimum atomic E-state index is -0.478. The third-order valence-electron chi connectivity index (χ3n) is 2.47. The number of rotatable bonds is 4. The summed E-state index contributed by atoms with van der Waals surface area (Å²) < 4.78 is 4.88. The van der Waals surface area contributed by atoms with Crippen molar-refractivity contribution < 1.29 is 14.3 Å². The van der Waals surface area contributed by atoms with Crippen molar-refractivity contribution in [2.45, 2.75) is 6.92 Å². The number of hydrogen-bond acceptors (Lipinski definition) is 4. The number of carbonyl (C=O) groups is 2. The third kappa shape index (κ3) is 3.37. The van der Waals surface area contributed by atoms with Crippen LogP contribution in [0.15, 0.2) is 35.7 Å². The second kappa shape index (κ2) is 6.54. The molecule has 0 aliphatic rings. The van der Waals surface area contributed by atoms with E-state index in [1.807, 2.05) is 5.38 Å². The molecule has 0 saturated heterocycles. The molecule has 1 heterocycles.